The van der Waals surface area contributed by atoms with Crippen molar-refractivity contribution in [3.05, 3.63) is 114 Å². The van der Waals surface area contributed by atoms with Crippen LogP contribution in [0.3, 0.4) is 0 Å². The van der Waals surface area contributed by atoms with Gasteiger partial charge in [0.15, 0.2) is 5.78 Å². The molecule has 6 heteroatoms. The molecule has 6 nitrogen and oxygen atoms in total. The third-order valence-electron chi connectivity index (χ3n) is 8.11. The first-order valence-electron chi connectivity index (χ1n) is 12.7. The molecule has 4 aromatic carbocycles. The number of ketones is 1. The van der Waals surface area contributed by atoms with Gasteiger partial charge in [0.25, 0.3) is 0 Å². The minimum Gasteiger partial charge on any atom is -0.497 e. The molecule has 2 saturated heterocycles. The Balaban J connectivity index is 1.38. The van der Waals surface area contributed by atoms with Gasteiger partial charge in [-0.05, 0) is 52.9 Å². The maximum absolute atomic E-state index is 14.2. The SMILES string of the molecule is COc1ccc(C(=O)[C@@H]2[C@@H]3C(=O)N(c4cccc5ccccc45)C(=O)[C@@H]3C3c4ccccc4C=CN32)cc1. The second kappa shape index (κ2) is 8.42. The molecule has 3 aliphatic rings. The first-order chi connectivity index (χ1) is 18.6. The summed E-state index contributed by atoms with van der Waals surface area (Å²) in [4.78, 5) is 45.8. The van der Waals surface area contributed by atoms with Gasteiger partial charge in [0.2, 0.25) is 11.8 Å². The normalized spacial score (nSPS) is 23.4. The summed E-state index contributed by atoms with van der Waals surface area (Å²) < 4.78 is 5.26. The number of benzene rings is 4. The van der Waals surface area contributed by atoms with Crippen molar-refractivity contribution in [2.75, 3.05) is 12.0 Å². The van der Waals surface area contributed by atoms with Gasteiger partial charge in [0, 0.05) is 17.1 Å². The van der Waals surface area contributed by atoms with Crippen LogP contribution in [0, 0.1) is 11.8 Å². The van der Waals surface area contributed by atoms with Crippen LogP contribution in [0.25, 0.3) is 16.8 Å². The van der Waals surface area contributed by atoms with Crippen molar-refractivity contribution < 1.29 is 19.1 Å². The molecule has 2 amide bonds. The Morgan fingerprint density at radius 1 is 0.789 bits per heavy atom. The van der Waals surface area contributed by atoms with Crippen molar-refractivity contribution in [2.24, 2.45) is 11.8 Å². The lowest BCUT2D eigenvalue weighted by atomic mass is 9.83. The molecule has 7 rings (SSSR count). The van der Waals surface area contributed by atoms with Crippen molar-refractivity contribution >= 4 is 40.1 Å². The van der Waals surface area contributed by atoms with Crippen LogP contribution >= 0.6 is 0 Å². The quantitative estimate of drug-likeness (QED) is 0.283. The standard InChI is InChI=1S/C32H24N2O4/c1-38-22-15-13-21(14-16-22)30(35)29-27-26(28-24-11-5-3-8-20(24)17-18-33(28)29)31(36)34(32(27)37)25-12-6-9-19-7-2-4-10-23(19)25/h2-18,26-29H,1H3/t26-,27+,28?,29-/m0/s1. The number of amides is 2. The van der Waals surface area contributed by atoms with Crippen LogP contribution < -0.4 is 9.64 Å². The van der Waals surface area contributed by atoms with E-state index in [4.69, 9.17) is 4.74 Å². The van der Waals surface area contributed by atoms with E-state index in [0.717, 1.165) is 21.9 Å². The van der Waals surface area contributed by atoms with Gasteiger partial charge in [-0.25, -0.2) is 4.90 Å². The number of Topliss-reactive ketones (excluding diaryl/α,β-unsaturated/α-hetero) is 1. The molecule has 0 saturated carbocycles. The van der Waals surface area contributed by atoms with E-state index < -0.39 is 23.9 Å². The number of anilines is 1. The molecule has 1 unspecified atom stereocenters. The van der Waals surface area contributed by atoms with Crippen molar-refractivity contribution in [1.29, 1.82) is 0 Å². The average molecular weight is 501 g/mol. The van der Waals surface area contributed by atoms with Gasteiger partial charge in [0.05, 0.1) is 30.7 Å². The predicted molar refractivity (Wildman–Crippen MR) is 145 cm³/mol. The molecule has 0 bridgehead atoms. The maximum atomic E-state index is 14.2. The molecule has 38 heavy (non-hydrogen) atoms. The van der Waals surface area contributed by atoms with Crippen LogP contribution in [0.2, 0.25) is 0 Å². The first-order valence-corrected chi connectivity index (χ1v) is 12.7. The van der Waals surface area contributed by atoms with E-state index in [1.165, 1.54) is 4.90 Å². The first kappa shape index (κ1) is 22.5. The largest absolute Gasteiger partial charge is 0.497 e. The Hall–Kier alpha value is -4.71. The van der Waals surface area contributed by atoms with Gasteiger partial charge in [-0.1, -0.05) is 60.7 Å². The number of carbonyl (C=O) groups excluding carboxylic acids is 3. The Kier molecular flexibility index (Phi) is 4.98. The topological polar surface area (TPSA) is 66.9 Å². The zero-order valence-electron chi connectivity index (χ0n) is 20.7. The fraction of sp³-hybridized carbons (Fsp3) is 0.156. The summed E-state index contributed by atoms with van der Waals surface area (Å²) in [5.74, 6) is -1.62. The highest BCUT2D eigenvalue weighted by molar-refractivity contribution is 6.27. The third kappa shape index (κ3) is 3.10. The smallest absolute Gasteiger partial charge is 0.240 e. The minimum absolute atomic E-state index is 0.185. The molecule has 4 atom stereocenters. The molecule has 0 aromatic heterocycles. The molecule has 0 aliphatic carbocycles. The van der Waals surface area contributed by atoms with Gasteiger partial charge in [-0.3, -0.25) is 14.4 Å². The highest BCUT2D eigenvalue weighted by atomic mass is 16.5. The maximum Gasteiger partial charge on any atom is 0.240 e. The lowest BCUT2D eigenvalue weighted by Crippen LogP contribution is -2.44. The molecule has 3 heterocycles. The van der Waals surface area contributed by atoms with E-state index >= 15 is 0 Å². The summed E-state index contributed by atoms with van der Waals surface area (Å²) in [5, 5.41) is 1.77. The molecule has 0 radical (unpaired) electrons. The zero-order valence-corrected chi connectivity index (χ0v) is 20.7. The van der Waals surface area contributed by atoms with E-state index in [-0.39, 0.29) is 17.6 Å². The molecule has 3 aliphatic heterocycles. The van der Waals surface area contributed by atoms with Crippen LogP contribution in [0.4, 0.5) is 5.69 Å². The Bertz CT molecular complexity index is 1650. The Morgan fingerprint density at radius 2 is 1.50 bits per heavy atom. The summed E-state index contributed by atoms with van der Waals surface area (Å²) in [6.45, 7) is 0. The van der Waals surface area contributed by atoms with Crippen LogP contribution in [0.1, 0.15) is 27.5 Å². The number of hydrogen-bond acceptors (Lipinski definition) is 5. The van der Waals surface area contributed by atoms with E-state index in [1.807, 2.05) is 83.9 Å². The van der Waals surface area contributed by atoms with Gasteiger partial charge in [-0.2, -0.15) is 0 Å². The summed E-state index contributed by atoms with van der Waals surface area (Å²) in [6, 6.07) is 26.9. The number of carbonyl (C=O) groups is 3. The fourth-order valence-electron chi connectivity index (χ4n) is 6.42. The van der Waals surface area contributed by atoms with Gasteiger partial charge < -0.3 is 9.64 Å². The lowest BCUT2D eigenvalue weighted by molar-refractivity contribution is -0.123. The third-order valence-corrected chi connectivity index (χ3v) is 8.11. The highest BCUT2D eigenvalue weighted by Crippen LogP contribution is 2.54. The molecular weight excluding hydrogens is 476 g/mol. The Morgan fingerprint density at radius 3 is 2.32 bits per heavy atom. The van der Waals surface area contributed by atoms with Crippen molar-refractivity contribution in [3.63, 3.8) is 0 Å². The van der Waals surface area contributed by atoms with Crippen LogP contribution in [-0.2, 0) is 9.59 Å². The zero-order chi connectivity index (χ0) is 26.0. The van der Waals surface area contributed by atoms with Gasteiger partial charge in [0.1, 0.15) is 11.8 Å². The number of rotatable bonds is 4. The molecular formula is C32H24N2O4. The second-order valence-corrected chi connectivity index (χ2v) is 9.94. The number of ether oxygens (including phenoxy) is 1. The summed E-state index contributed by atoms with van der Waals surface area (Å²) >= 11 is 0. The molecule has 2 fully saturated rings. The van der Waals surface area contributed by atoms with Crippen molar-refractivity contribution in [3.8, 4) is 5.75 Å². The fourth-order valence-corrected chi connectivity index (χ4v) is 6.42. The lowest BCUT2D eigenvalue weighted by Gasteiger charge is -2.35. The highest BCUT2D eigenvalue weighted by Gasteiger charge is 2.64. The number of imide groups is 1. The van der Waals surface area contributed by atoms with Crippen molar-refractivity contribution in [1.82, 2.24) is 4.90 Å². The van der Waals surface area contributed by atoms with E-state index in [1.54, 1.807) is 31.4 Å². The van der Waals surface area contributed by atoms with Crippen LogP contribution in [0.5, 0.6) is 5.75 Å². The Labute approximate surface area is 219 Å². The van der Waals surface area contributed by atoms with Crippen molar-refractivity contribution in [2.45, 2.75) is 12.1 Å². The molecule has 186 valence electrons. The van der Waals surface area contributed by atoms with Gasteiger partial charge in [-0.15, -0.1) is 0 Å². The molecule has 4 aromatic rings. The van der Waals surface area contributed by atoms with E-state index in [9.17, 15) is 14.4 Å². The van der Waals surface area contributed by atoms with Gasteiger partial charge >= 0.3 is 0 Å². The summed E-state index contributed by atoms with van der Waals surface area (Å²) in [6.07, 6.45) is 3.83. The summed E-state index contributed by atoms with van der Waals surface area (Å²) in [7, 11) is 1.57. The minimum atomic E-state index is -0.808. The van der Waals surface area contributed by atoms with Crippen LogP contribution in [0.15, 0.2) is 97.2 Å². The monoisotopic (exact) mass is 500 g/mol. The number of hydrogen-bond donors (Lipinski definition) is 0. The van der Waals surface area contributed by atoms with Crippen LogP contribution in [-0.4, -0.2) is 35.6 Å². The molecule has 0 spiro atoms. The number of nitrogens with zero attached hydrogens (tertiary/aromatic N) is 2. The second-order valence-electron chi connectivity index (χ2n) is 9.94. The average Bonchev–Trinajstić information content (AvgIpc) is 3.44. The van der Waals surface area contributed by atoms with E-state index in [0.29, 0.717) is 17.0 Å². The number of fused-ring (bicyclic) bond motifs is 6. The predicted octanol–water partition coefficient (Wildman–Crippen LogP) is 5.25. The number of methoxy groups -OCH3 is 1. The van der Waals surface area contributed by atoms with E-state index in [2.05, 4.69) is 0 Å². The summed E-state index contributed by atoms with van der Waals surface area (Å²) in [5.41, 5.74) is 2.99. The molecule has 0 N–H and O–H groups in total.